The van der Waals surface area contributed by atoms with Crippen LogP contribution in [-0.2, 0) is 0 Å². The van der Waals surface area contributed by atoms with Gasteiger partial charge in [-0.05, 0) is 6.07 Å². The molecule has 1 heterocycles. The minimum absolute atomic E-state index is 0.00275. The van der Waals surface area contributed by atoms with E-state index >= 15 is 0 Å². The van der Waals surface area contributed by atoms with Crippen molar-refractivity contribution in [2.45, 2.75) is 12.3 Å². The lowest BCUT2D eigenvalue weighted by Crippen LogP contribution is -2.34. The highest BCUT2D eigenvalue weighted by Crippen LogP contribution is 2.31. The highest BCUT2D eigenvalue weighted by molar-refractivity contribution is 6.36. The smallest absolute Gasteiger partial charge is 0.340 e. The van der Waals surface area contributed by atoms with Gasteiger partial charge in [0.05, 0.1) is 5.02 Å². The summed E-state index contributed by atoms with van der Waals surface area (Å²) in [4.78, 5) is 3.45. The summed E-state index contributed by atoms with van der Waals surface area (Å²) in [6.45, 7) is -1.56. The monoisotopic (exact) mass is 292 g/mol. The predicted molar refractivity (Wildman–Crippen MR) is 55.1 cm³/mol. The molecule has 0 amide bonds. The summed E-state index contributed by atoms with van der Waals surface area (Å²) in [5.41, 5.74) is 5.27. The van der Waals surface area contributed by atoms with Crippen molar-refractivity contribution in [1.82, 2.24) is 4.98 Å². The minimum Gasteiger partial charge on any atom is -0.470 e. The molecule has 0 fully saturated rings. The van der Waals surface area contributed by atoms with Gasteiger partial charge in [0, 0.05) is 0 Å². The molecule has 0 aliphatic heterocycles. The van der Waals surface area contributed by atoms with Gasteiger partial charge in [0.1, 0.15) is 10.8 Å². The summed E-state index contributed by atoms with van der Waals surface area (Å²) in [5.74, 6) is -4.97. The van der Waals surface area contributed by atoms with Crippen LogP contribution in [0.15, 0.2) is 6.07 Å². The van der Waals surface area contributed by atoms with Gasteiger partial charge in [0.2, 0.25) is 5.88 Å². The number of ether oxygens (including phenoxy) is 1. The van der Waals surface area contributed by atoms with E-state index in [1.807, 2.05) is 0 Å². The molecule has 96 valence electrons. The van der Waals surface area contributed by atoms with Gasteiger partial charge in [0.15, 0.2) is 6.61 Å². The van der Waals surface area contributed by atoms with Gasteiger partial charge in [-0.3, -0.25) is 0 Å². The van der Waals surface area contributed by atoms with Gasteiger partial charge in [-0.2, -0.15) is 13.8 Å². The number of alkyl halides is 4. The highest BCUT2D eigenvalue weighted by Gasteiger charge is 2.42. The van der Waals surface area contributed by atoms with Crippen LogP contribution in [0.25, 0.3) is 0 Å². The van der Waals surface area contributed by atoms with Gasteiger partial charge >= 0.3 is 12.3 Å². The molecule has 0 saturated carbocycles. The van der Waals surface area contributed by atoms with Crippen LogP contribution in [0.3, 0.4) is 0 Å². The van der Waals surface area contributed by atoms with E-state index in [4.69, 9.17) is 28.9 Å². The number of nitrogens with zero attached hydrogens (tertiary/aromatic N) is 1. The molecule has 0 bridgehead atoms. The normalized spacial score (nSPS) is 11.9. The second-order valence-corrected chi connectivity index (χ2v) is 3.81. The number of nitrogens with two attached hydrogens (primary N) is 1. The molecule has 0 aliphatic carbocycles. The molecule has 0 atom stereocenters. The van der Waals surface area contributed by atoms with E-state index < -0.39 is 24.8 Å². The Balaban J connectivity index is 2.80. The largest absolute Gasteiger partial charge is 0.470 e. The minimum atomic E-state index is -4.29. The van der Waals surface area contributed by atoms with Crippen molar-refractivity contribution >= 4 is 29.0 Å². The Morgan fingerprint density at radius 2 is 1.94 bits per heavy atom. The standard InChI is InChI=1S/C8H6Cl2F4N2O/c9-3-1-4(10)6(16-5(3)15)17-2-8(13,14)7(11)12/h1,7H,2H2,(H2,15,16). The van der Waals surface area contributed by atoms with E-state index in [1.54, 1.807) is 0 Å². The molecule has 0 unspecified atom stereocenters. The quantitative estimate of drug-likeness (QED) is 0.867. The van der Waals surface area contributed by atoms with Crippen LogP contribution in [0, 0.1) is 0 Å². The number of pyridine rings is 1. The highest BCUT2D eigenvalue weighted by atomic mass is 35.5. The molecule has 0 radical (unpaired) electrons. The fourth-order valence-electron chi connectivity index (χ4n) is 0.792. The van der Waals surface area contributed by atoms with Crippen molar-refractivity contribution in [1.29, 1.82) is 0 Å². The number of aromatic nitrogens is 1. The van der Waals surface area contributed by atoms with Crippen LogP contribution in [-0.4, -0.2) is 23.9 Å². The van der Waals surface area contributed by atoms with Gasteiger partial charge < -0.3 is 10.5 Å². The van der Waals surface area contributed by atoms with Crippen molar-refractivity contribution < 1.29 is 22.3 Å². The zero-order chi connectivity index (χ0) is 13.2. The maximum absolute atomic E-state index is 12.5. The lowest BCUT2D eigenvalue weighted by molar-refractivity contribution is -0.148. The molecular weight excluding hydrogens is 287 g/mol. The molecule has 1 rings (SSSR count). The first-order valence-corrected chi connectivity index (χ1v) is 4.90. The van der Waals surface area contributed by atoms with E-state index in [-0.39, 0.29) is 15.9 Å². The Morgan fingerprint density at radius 3 is 2.47 bits per heavy atom. The molecule has 0 saturated heterocycles. The Kier molecular flexibility index (Phi) is 4.26. The van der Waals surface area contributed by atoms with Crippen LogP contribution < -0.4 is 10.5 Å². The van der Waals surface area contributed by atoms with Crippen molar-refractivity contribution in [3.63, 3.8) is 0 Å². The molecule has 17 heavy (non-hydrogen) atoms. The van der Waals surface area contributed by atoms with Gasteiger partial charge in [0.25, 0.3) is 0 Å². The van der Waals surface area contributed by atoms with Crippen molar-refractivity contribution in [2.24, 2.45) is 0 Å². The maximum Gasteiger partial charge on any atom is 0.340 e. The fraction of sp³-hybridized carbons (Fsp3) is 0.375. The predicted octanol–water partition coefficient (Wildman–Crippen LogP) is 3.25. The fourth-order valence-corrected chi connectivity index (χ4v) is 1.21. The molecule has 0 spiro atoms. The number of halogens is 6. The Bertz CT molecular complexity index is 417. The van der Waals surface area contributed by atoms with Gasteiger partial charge in [-0.1, -0.05) is 23.2 Å². The first kappa shape index (κ1) is 14.1. The molecule has 1 aromatic heterocycles. The first-order valence-electron chi connectivity index (χ1n) is 4.14. The molecule has 2 N–H and O–H groups in total. The molecule has 0 aliphatic rings. The maximum atomic E-state index is 12.5. The van der Waals surface area contributed by atoms with Crippen LogP contribution >= 0.6 is 23.2 Å². The van der Waals surface area contributed by atoms with E-state index in [0.717, 1.165) is 6.07 Å². The van der Waals surface area contributed by atoms with Crippen LogP contribution in [0.5, 0.6) is 5.88 Å². The number of anilines is 1. The number of hydrogen-bond donors (Lipinski definition) is 1. The number of hydrogen-bond acceptors (Lipinski definition) is 3. The second kappa shape index (κ2) is 5.14. The zero-order valence-corrected chi connectivity index (χ0v) is 9.57. The molecule has 1 aromatic rings. The summed E-state index contributed by atoms with van der Waals surface area (Å²) in [6.07, 6.45) is -3.84. The third-order valence-corrected chi connectivity index (χ3v) is 2.22. The average Bonchev–Trinajstić information content (AvgIpc) is 2.21. The summed E-state index contributed by atoms with van der Waals surface area (Å²) in [5, 5.41) is -0.197. The van der Waals surface area contributed by atoms with Crippen molar-refractivity contribution in [3.05, 3.63) is 16.1 Å². The van der Waals surface area contributed by atoms with E-state index in [2.05, 4.69) is 9.72 Å². The van der Waals surface area contributed by atoms with Crippen molar-refractivity contribution in [3.8, 4) is 5.88 Å². The number of nitrogen functional groups attached to an aromatic ring is 1. The summed E-state index contributed by atoms with van der Waals surface area (Å²) in [6, 6.07) is 1.11. The molecule has 9 heteroatoms. The van der Waals surface area contributed by atoms with E-state index in [1.165, 1.54) is 0 Å². The average molecular weight is 293 g/mol. The Labute approximate surface area is 103 Å². The van der Waals surface area contributed by atoms with Gasteiger partial charge in [-0.15, -0.1) is 0 Å². The van der Waals surface area contributed by atoms with Gasteiger partial charge in [-0.25, -0.2) is 8.78 Å². The van der Waals surface area contributed by atoms with E-state index in [9.17, 15) is 17.6 Å². The first-order chi connectivity index (χ1) is 7.74. The topological polar surface area (TPSA) is 48.1 Å². The summed E-state index contributed by atoms with van der Waals surface area (Å²) in [7, 11) is 0. The number of rotatable bonds is 4. The second-order valence-electron chi connectivity index (χ2n) is 2.99. The lowest BCUT2D eigenvalue weighted by atomic mass is 10.4. The van der Waals surface area contributed by atoms with Crippen molar-refractivity contribution in [2.75, 3.05) is 12.3 Å². The van der Waals surface area contributed by atoms with E-state index in [0.29, 0.717) is 0 Å². The Morgan fingerprint density at radius 1 is 1.35 bits per heavy atom. The zero-order valence-electron chi connectivity index (χ0n) is 8.06. The SMILES string of the molecule is Nc1nc(OCC(F)(F)C(F)F)c(Cl)cc1Cl. The summed E-state index contributed by atoms with van der Waals surface area (Å²) < 4.78 is 53.1. The summed E-state index contributed by atoms with van der Waals surface area (Å²) >= 11 is 11.1. The third kappa shape index (κ3) is 3.50. The molecule has 3 nitrogen and oxygen atoms in total. The third-order valence-electron chi connectivity index (χ3n) is 1.65. The molecule has 0 aromatic carbocycles. The van der Waals surface area contributed by atoms with Crippen LogP contribution in [0.4, 0.5) is 23.4 Å². The lowest BCUT2D eigenvalue weighted by Gasteiger charge is -2.16. The molecular formula is C8H6Cl2F4N2O. The Hall–Kier alpha value is -0.950. The van der Waals surface area contributed by atoms with Crippen LogP contribution in [0.1, 0.15) is 0 Å². The van der Waals surface area contributed by atoms with Crippen LogP contribution in [0.2, 0.25) is 10.0 Å².